The molecule has 1 atom stereocenters. The number of carbonyl (C=O) groups is 1. The summed E-state index contributed by atoms with van der Waals surface area (Å²) in [6, 6.07) is 4.11. The molecule has 2 aliphatic rings. The van der Waals surface area contributed by atoms with Crippen molar-refractivity contribution in [2.24, 2.45) is 0 Å². The summed E-state index contributed by atoms with van der Waals surface area (Å²) in [7, 11) is 1.30. The van der Waals surface area contributed by atoms with Crippen LogP contribution in [0.3, 0.4) is 0 Å². The Balaban J connectivity index is 1.78. The Morgan fingerprint density at radius 3 is 2.14 bits per heavy atom. The molecule has 1 saturated heterocycles. The number of carbonyl (C=O) groups excluding carboxylic acids is 1. The first kappa shape index (κ1) is 21.5. The van der Waals surface area contributed by atoms with Crippen LogP contribution in [0.2, 0.25) is 5.02 Å². The summed E-state index contributed by atoms with van der Waals surface area (Å²) in [5.74, 6) is 0. The zero-order chi connectivity index (χ0) is 21.1. The highest BCUT2D eigenvalue weighted by Gasteiger charge is 2.52. The first-order valence-electron chi connectivity index (χ1n) is 9.83. The molecule has 28 heavy (non-hydrogen) atoms. The van der Waals surface area contributed by atoms with Crippen LogP contribution in [0, 0.1) is 0 Å². The van der Waals surface area contributed by atoms with Crippen molar-refractivity contribution < 1.29 is 18.8 Å². The van der Waals surface area contributed by atoms with E-state index in [9.17, 15) is 4.79 Å². The Morgan fingerprint density at radius 2 is 1.64 bits per heavy atom. The largest absolute Gasteiger partial charge is 0.496 e. The zero-order valence-corrected chi connectivity index (χ0v) is 18.9. The first-order valence-corrected chi connectivity index (χ1v) is 10.2. The summed E-state index contributed by atoms with van der Waals surface area (Å²) in [6.07, 6.45) is 1.21. The van der Waals surface area contributed by atoms with Gasteiger partial charge in [0.1, 0.15) is 5.60 Å². The molecular weight excluding hydrogens is 376 g/mol. The van der Waals surface area contributed by atoms with Gasteiger partial charge in [-0.2, -0.15) is 0 Å². The van der Waals surface area contributed by atoms with Crippen LogP contribution in [0.1, 0.15) is 59.6 Å². The second kappa shape index (κ2) is 6.93. The average molecular weight is 408 g/mol. The van der Waals surface area contributed by atoms with E-state index in [1.54, 1.807) is 11.9 Å². The standard InChI is InChI=1S/C21H31BClNO4/c1-19(2,3)26-18(25)24(8)15-9-13-11-16(17(23)12-14(13)10-15)22-27-20(4,5)21(6,7)28-22/h11-12,15H,9-10H2,1-8H3. The molecule has 0 spiro atoms. The number of amides is 1. The quantitative estimate of drug-likeness (QED) is 0.696. The summed E-state index contributed by atoms with van der Waals surface area (Å²) in [5, 5.41) is 0.637. The molecule has 0 saturated carbocycles. The lowest BCUT2D eigenvalue weighted by molar-refractivity contribution is 0.00578. The number of ether oxygens (including phenoxy) is 1. The number of likely N-dealkylation sites (N-methyl/N-ethyl adjacent to an activating group) is 1. The Kier molecular flexibility index (Phi) is 5.31. The first-order chi connectivity index (χ1) is 12.7. The van der Waals surface area contributed by atoms with E-state index >= 15 is 0 Å². The highest BCUT2D eigenvalue weighted by atomic mass is 35.5. The molecule has 154 valence electrons. The topological polar surface area (TPSA) is 48.0 Å². The molecule has 1 amide bonds. The van der Waals surface area contributed by atoms with E-state index in [1.807, 2.05) is 54.5 Å². The predicted molar refractivity (Wildman–Crippen MR) is 112 cm³/mol. The van der Waals surface area contributed by atoms with Crippen LogP contribution < -0.4 is 5.46 Å². The van der Waals surface area contributed by atoms with Gasteiger partial charge in [0.05, 0.1) is 11.2 Å². The van der Waals surface area contributed by atoms with E-state index in [-0.39, 0.29) is 12.1 Å². The van der Waals surface area contributed by atoms with Crippen molar-refractivity contribution >= 4 is 30.3 Å². The van der Waals surface area contributed by atoms with Crippen molar-refractivity contribution in [1.82, 2.24) is 4.90 Å². The van der Waals surface area contributed by atoms with Gasteiger partial charge in [-0.15, -0.1) is 0 Å². The van der Waals surface area contributed by atoms with Crippen molar-refractivity contribution in [3.8, 4) is 0 Å². The van der Waals surface area contributed by atoms with Gasteiger partial charge in [-0.3, -0.25) is 0 Å². The average Bonchev–Trinajstić information content (AvgIpc) is 3.01. The van der Waals surface area contributed by atoms with E-state index < -0.39 is 23.9 Å². The minimum atomic E-state index is -0.510. The summed E-state index contributed by atoms with van der Waals surface area (Å²) in [5.41, 5.74) is 1.84. The number of hydrogen-bond acceptors (Lipinski definition) is 4. The molecular formula is C21H31BClNO4. The molecule has 0 aromatic heterocycles. The Labute approximate surface area is 173 Å². The molecule has 1 aromatic carbocycles. The highest BCUT2D eigenvalue weighted by Crippen LogP contribution is 2.37. The summed E-state index contributed by atoms with van der Waals surface area (Å²) in [4.78, 5) is 14.1. The lowest BCUT2D eigenvalue weighted by atomic mass is 9.77. The highest BCUT2D eigenvalue weighted by molar-refractivity contribution is 6.65. The van der Waals surface area contributed by atoms with E-state index in [0.29, 0.717) is 5.02 Å². The molecule has 1 aliphatic carbocycles. The summed E-state index contributed by atoms with van der Waals surface area (Å²) < 4.78 is 17.8. The molecule has 1 unspecified atom stereocenters. The molecule has 1 aromatic rings. The minimum absolute atomic E-state index is 0.0504. The van der Waals surface area contributed by atoms with E-state index in [0.717, 1.165) is 23.9 Å². The van der Waals surface area contributed by atoms with Gasteiger partial charge in [-0.1, -0.05) is 17.7 Å². The lowest BCUT2D eigenvalue weighted by Crippen LogP contribution is -2.41. The molecule has 1 aliphatic heterocycles. The minimum Gasteiger partial charge on any atom is -0.444 e. The summed E-state index contributed by atoms with van der Waals surface area (Å²) >= 11 is 6.59. The molecule has 1 heterocycles. The number of halogens is 1. The van der Waals surface area contributed by atoms with Crippen LogP contribution in [-0.2, 0) is 26.9 Å². The smallest absolute Gasteiger partial charge is 0.444 e. The van der Waals surface area contributed by atoms with Crippen molar-refractivity contribution in [3.05, 3.63) is 28.3 Å². The monoisotopic (exact) mass is 407 g/mol. The SMILES string of the molecule is CN(C(=O)OC(C)(C)C)C1Cc2cc(Cl)c(B3OC(C)(C)C(C)(C)O3)cc2C1. The maximum absolute atomic E-state index is 12.4. The molecule has 7 heteroatoms. The number of benzene rings is 1. The molecule has 3 rings (SSSR count). The Morgan fingerprint density at radius 1 is 1.14 bits per heavy atom. The van der Waals surface area contributed by atoms with Gasteiger partial charge in [0, 0.05) is 23.6 Å². The van der Waals surface area contributed by atoms with Gasteiger partial charge in [0.2, 0.25) is 0 Å². The van der Waals surface area contributed by atoms with E-state index in [4.69, 9.17) is 25.6 Å². The van der Waals surface area contributed by atoms with Crippen LogP contribution in [0.4, 0.5) is 4.79 Å². The second-order valence-corrected chi connectivity index (χ2v) is 10.3. The van der Waals surface area contributed by atoms with Gasteiger partial charge in [-0.25, -0.2) is 4.79 Å². The van der Waals surface area contributed by atoms with Gasteiger partial charge in [0.15, 0.2) is 0 Å². The van der Waals surface area contributed by atoms with Crippen molar-refractivity contribution in [3.63, 3.8) is 0 Å². The Hall–Kier alpha value is -1.24. The fourth-order valence-corrected chi connectivity index (χ4v) is 3.82. The van der Waals surface area contributed by atoms with Crippen LogP contribution in [0.25, 0.3) is 0 Å². The number of rotatable bonds is 2. The van der Waals surface area contributed by atoms with E-state index in [1.165, 1.54) is 5.56 Å². The van der Waals surface area contributed by atoms with Crippen LogP contribution in [0.5, 0.6) is 0 Å². The molecule has 0 radical (unpaired) electrons. The fourth-order valence-electron chi connectivity index (χ4n) is 3.55. The fraction of sp³-hybridized carbons (Fsp3) is 0.667. The second-order valence-electron chi connectivity index (χ2n) is 9.88. The molecule has 5 nitrogen and oxygen atoms in total. The van der Waals surface area contributed by atoms with Gasteiger partial charge >= 0.3 is 13.2 Å². The van der Waals surface area contributed by atoms with Crippen molar-refractivity contribution in [2.75, 3.05) is 7.05 Å². The number of hydrogen-bond donors (Lipinski definition) is 0. The van der Waals surface area contributed by atoms with Gasteiger partial charge in [0.25, 0.3) is 0 Å². The van der Waals surface area contributed by atoms with Crippen molar-refractivity contribution in [2.45, 2.75) is 84.2 Å². The molecule has 0 bridgehead atoms. The molecule has 1 fully saturated rings. The Bertz CT molecular complexity index is 771. The maximum atomic E-state index is 12.4. The normalized spacial score (nSPS) is 22.9. The lowest BCUT2D eigenvalue weighted by Gasteiger charge is -2.32. The summed E-state index contributed by atoms with van der Waals surface area (Å²) in [6.45, 7) is 13.7. The van der Waals surface area contributed by atoms with Crippen molar-refractivity contribution in [1.29, 1.82) is 0 Å². The van der Waals surface area contributed by atoms with Crippen LogP contribution in [0.15, 0.2) is 12.1 Å². The number of nitrogens with zero attached hydrogens (tertiary/aromatic N) is 1. The zero-order valence-electron chi connectivity index (χ0n) is 18.2. The predicted octanol–water partition coefficient (Wildman–Crippen LogP) is 3.97. The third-order valence-corrected chi connectivity index (χ3v) is 6.29. The maximum Gasteiger partial charge on any atom is 0.496 e. The van der Waals surface area contributed by atoms with Gasteiger partial charge < -0.3 is 18.9 Å². The third kappa shape index (κ3) is 4.05. The van der Waals surface area contributed by atoms with Crippen LogP contribution in [-0.4, -0.2) is 48.0 Å². The van der Waals surface area contributed by atoms with E-state index in [2.05, 4.69) is 6.07 Å². The molecule has 0 N–H and O–H groups in total. The number of fused-ring (bicyclic) bond motifs is 1. The third-order valence-electron chi connectivity index (χ3n) is 5.97. The van der Waals surface area contributed by atoms with Gasteiger partial charge in [-0.05, 0) is 78.5 Å². The van der Waals surface area contributed by atoms with Crippen LogP contribution >= 0.6 is 11.6 Å².